The maximum Gasteiger partial charge on any atom is 0.183 e. The van der Waals surface area contributed by atoms with Crippen LogP contribution in [0.5, 0.6) is 0 Å². The Morgan fingerprint density at radius 1 is 1.00 bits per heavy atom. The van der Waals surface area contributed by atoms with Crippen molar-refractivity contribution in [2.75, 3.05) is 13.2 Å². The van der Waals surface area contributed by atoms with Crippen molar-refractivity contribution in [2.24, 2.45) is 0 Å². The molecule has 0 radical (unpaired) electrons. The van der Waals surface area contributed by atoms with Crippen LogP contribution in [0, 0.1) is 0 Å². The third-order valence-electron chi connectivity index (χ3n) is 2.51. The first kappa shape index (κ1) is 13.4. The lowest BCUT2D eigenvalue weighted by Gasteiger charge is -2.17. The molecule has 0 aliphatic heterocycles. The third-order valence-corrected chi connectivity index (χ3v) is 4.23. The zero-order chi connectivity index (χ0) is 12.0. The molecular formula is C13H22O2Si. The van der Waals surface area contributed by atoms with E-state index >= 15 is 0 Å². The Balaban J connectivity index is 2.76. The Hall–Kier alpha value is -0.643. The van der Waals surface area contributed by atoms with Crippen molar-refractivity contribution in [1.29, 1.82) is 0 Å². The highest BCUT2D eigenvalue weighted by Crippen LogP contribution is 2.17. The molecular weight excluding hydrogens is 216 g/mol. The standard InChI is InChI=1S/C13H22O2Si/c1-5-14-13(15-6-2)11-7-9-12(10-8-11)16(3)4/h7-10,13,16H,5-6H2,1-4H3. The van der Waals surface area contributed by atoms with Crippen LogP contribution in [0.2, 0.25) is 13.1 Å². The van der Waals surface area contributed by atoms with Crippen molar-refractivity contribution in [2.45, 2.75) is 33.2 Å². The Morgan fingerprint density at radius 3 is 1.88 bits per heavy atom. The van der Waals surface area contributed by atoms with Crippen LogP contribution in [0.1, 0.15) is 25.7 Å². The maximum atomic E-state index is 5.56. The highest BCUT2D eigenvalue weighted by atomic mass is 28.3. The van der Waals surface area contributed by atoms with Crippen molar-refractivity contribution in [3.63, 3.8) is 0 Å². The van der Waals surface area contributed by atoms with Crippen LogP contribution in [0.3, 0.4) is 0 Å². The van der Waals surface area contributed by atoms with Crippen molar-refractivity contribution in [3.8, 4) is 0 Å². The topological polar surface area (TPSA) is 18.5 Å². The molecule has 0 unspecified atom stereocenters. The second-order valence-electron chi connectivity index (χ2n) is 4.06. The monoisotopic (exact) mass is 238 g/mol. The van der Waals surface area contributed by atoms with Crippen LogP contribution < -0.4 is 5.19 Å². The van der Waals surface area contributed by atoms with E-state index in [1.165, 1.54) is 5.19 Å². The molecule has 0 aliphatic rings. The molecule has 0 saturated heterocycles. The van der Waals surface area contributed by atoms with Crippen LogP contribution >= 0.6 is 0 Å². The molecule has 90 valence electrons. The lowest BCUT2D eigenvalue weighted by molar-refractivity contribution is -0.140. The maximum absolute atomic E-state index is 5.56. The van der Waals surface area contributed by atoms with E-state index in [0.29, 0.717) is 13.2 Å². The first-order valence-electron chi connectivity index (χ1n) is 6.02. The molecule has 0 aliphatic carbocycles. The van der Waals surface area contributed by atoms with E-state index in [-0.39, 0.29) is 6.29 Å². The fourth-order valence-electron chi connectivity index (χ4n) is 1.58. The molecule has 0 aromatic heterocycles. The summed E-state index contributed by atoms with van der Waals surface area (Å²) in [7, 11) is -0.695. The molecule has 0 atom stereocenters. The first-order chi connectivity index (χ1) is 7.69. The van der Waals surface area contributed by atoms with E-state index in [1.807, 2.05) is 13.8 Å². The van der Waals surface area contributed by atoms with E-state index in [4.69, 9.17) is 9.47 Å². The molecule has 16 heavy (non-hydrogen) atoms. The van der Waals surface area contributed by atoms with Gasteiger partial charge in [-0.2, -0.15) is 0 Å². The number of hydrogen-bond donors (Lipinski definition) is 0. The second-order valence-corrected chi connectivity index (χ2v) is 7.04. The molecule has 0 fully saturated rings. The Kier molecular flexibility index (Phi) is 5.73. The quantitative estimate of drug-likeness (QED) is 0.560. The van der Waals surface area contributed by atoms with E-state index < -0.39 is 8.80 Å². The van der Waals surface area contributed by atoms with E-state index in [9.17, 15) is 0 Å². The smallest absolute Gasteiger partial charge is 0.183 e. The highest BCUT2D eigenvalue weighted by molar-refractivity contribution is 6.70. The molecule has 1 aromatic carbocycles. The molecule has 3 heteroatoms. The summed E-state index contributed by atoms with van der Waals surface area (Å²) in [4.78, 5) is 0. The summed E-state index contributed by atoms with van der Waals surface area (Å²) in [6.45, 7) is 9.98. The summed E-state index contributed by atoms with van der Waals surface area (Å²) >= 11 is 0. The van der Waals surface area contributed by atoms with Gasteiger partial charge in [-0.25, -0.2) is 0 Å². The molecule has 0 amide bonds. The average molecular weight is 238 g/mol. The van der Waals surface area contributed by atoms with Gasteiger partial charge in [0.05, 0.1) is 8.80 Å². The van der Waals surface area contributed by atoms with E-state index in [0.717, 1.165) is 5.56 Å². The lowest BCUT2D eigenvalue weighted by Crippen LogP contribution is -2.22. The molecule has 0 heterocycles. The van der Waals surface area contributed by atoms with Crippen molar-refractivity contribution in [3.05, 3.63) is 29.8 Å². The predicted molar refractivity (Wildman–Crippen MR) is 70.9 cm³/mol. The van der Waals surface area contributed by atoms with Gasteiger partial charge in [-0.05, 0) is 13.8 Å². The largest absolute Gasteiger partial charge is 0.349 e. The fourth-order valence-corrected chi connectivity index (χ4v) is 2.54. The van der Waals surface area contributed by atoms with Gasteiger partial charge >= 0.3 is 0 Å². The summed E-state index contributed by atoms with van der Waals surface area (Å²) in [6, 6.07) is 8.66. The van der Waals surface area contributed by atoms with Crippen LogP contribution in [0.25, 0.3) is 0 Å². The van der Waals surface area contributed by atoms with E-state index in [2.05, 4.69) is 37.4 Å². The minimum absolute atomic E-state index is 0.210. The third kappa shape index (κ3) is 3.74. The summed E-state index contributed by atoms with van der Waals surface area (Å²) < 4.78 is 11.1. The highest BCUT2D eigenvalue weighted by Gasteiger charge is 2.11. The van der Waals surface area contributed by atoms with Crippen LogP contribution in [-0.2, 0) is 9.47 Å². The zero-order valence-electron chi connectivity index (χ0n) is 10.7. The van der Waals surface area contributed by atoms with Gasteiger partial charge in [0.15, 0.2) is 6.29 Å². The number of rotatable bonds is 6. The van der Waals surface area contributed by atoms with Crippen LogP contribution in [0.15, 0.2) is 24.3 Å². The minimum atomic E-state index is -0.695. The van der Waals surface area contributed by atoms with Crippen LogP contribution in [0.4, 0.5) is 0 Å². The van der Waals surface area contributed by atoms with E-state index in [1.54, 1.807) is 0 Å². The van der Waals surface area contributed by atoms with Crippen molar-refractivity contribution >= 4 is 14.0 Å². The van der Waals surface area contributed by atoms with Crippen LogP contribution in [-0.4, -0.2) is 22.0 Å². The summed E-state index contributed by atoms with van der Waals surface area (Å²) in [6.07, 6.45) is -0.210. The van der Waals surface area contributed by atoms with Gasteiger partial charge < -0.3 is 9.47 Å². The molecule has 0 N–H and O–H groups in total. The van der Waals surface area contributed by atoms with Gasteiger partial charge in [0.1, 0.15) is 0 Å². The van der Waals surface area contributed by atoms with Gasteiger partial charge in [0.25, 0.3) is 0 Å². The molecule has 0 saturated carbocycles. The van der Waals surface area contributed by atoms with Crippen molar-refractivity contribution in [1.82, 2.24) is 0 Å². The summed E-state index contributed by atoms with van der Waals surface area (Å²) in [5, 5.41) is 1.48. The molecule has 1 rings (SSSR count). The lowest BCUT2D eigenvalue weighted by atomic mass is 10.2. The van der Waals surface area contributed by atoms with Gasteiger partial charge in [0.2, 0.25) is 0 Å². The summed E-state index contributed by atoms with van der Waals surface area (Å²) in [5.74, 6) is 0. The van der Waals surface area contributed by atoms with Gasteiger partial charge in [0, 0.05) is 18.8 Å². The van der Waals surface area contributed by atoms with Crippen molar-refractivity contribution < 1.29 is 9.47 Å². The Bertz CT molecular complexity index is 289. The average Bonchev–Trinajstić information content (AvgIpc) is 2.29. The SMILES string of the molecule is CCOC(OCC)c1ccc([SiH](C)C)cc1. The first-order valence-corrected chi connectivity index (χ1v) is 8.90. The minimum Gasteiger partial charge on any atom is -0.349 e. The summed E-state index contributed by atoms with van der Waals surface area (Å²) in [5.41, 5.74) is 1.11. The molecule has 0 spiro atoms. The van der Waals surface area contributed by atoms with Gasteiger partial charge in [-0.3, -0.25) is 0 Å². The Labute approximate surface area is 100 Å². The molecule has 1 aromatic rings. The number of hydrogen-bond acceptors (Lipinski definition) is 2. The number of benzene rings is 1. The fraction of sp³-hybridized carbons (Fsp3) is 0.538. The molecule has 2 nitrogen and oxygen atoms in total. The molecule has 0 bridgehead atoms. The zero-order valence-corrected chi connectivity index (χ0v) is 11.8. The van der Waals surface area contributed by atoms with Gasteiger partial charge in [-0.15, -0.1) is 0 Å². The van der Waals surface area contributed by atoms with Gasteiger partial charge in [-0.1, -0.05) is 42.5 Å². The normalized spacial score (nSPS) is 11.4. The Morgan fingerprint density at radius 2 is 1.50 bits per heavy atom. The number of ether oxygens (including phenoxy) is 2. The predicted octanol–water partition coefficient (Wildman–Crippen LogP) is 2.45. The second kappa shape index (κ2) is 6.84.